The summed E-state index contributed by atoms with van der Waals surface area (Å²) in [5.41, 5.74) is 2.46. The molecule has 1 aliphatic rings. The number of thiazole rings is 1. The average Bonchev–Trinajstić information content (AvgIpc) is 3.24. The van der Waals surface area contributed by atoms with E-state index in [2.05, 4.69) is 25.2 Å². The lowest BCUT2D eigenvalue weighted by Crippen LogP contribution is -2.37. The van der Waals surface area contributed by atoms with Crippen molar-refractivity contribution < 1.29 is 9.53 Å². The number of carbonyl (C=O) groups is 1. The van der Waals surface area contributed by atoms with E-state index >= 15 is 0 Å². The van der Waals surface area contributed by atoms with E-state index in [1.54, 1.807) is 17.4 Å². The van der Waals surface area contributed by atoms with Crippen LogP contribution in [0.25, 0.3) is 10.6 Å². The van der Waals surface area contributed by atoms with Crippen LogP contribution in [0.2, 0.25) is 0 Å². The summed E-state index contributed by atoms with van der Waals surface area (Å²) >= 11 is 1.62. The highest BCUT2D eigenvalue weighted by Crippen LogP contribution is 2.23. The number of benzene rings is 1. The summed E-state index contributed by atoms with van der Waals surface area (Å²) in [7, 11) is 0. The third-order valence-corrected chi connectivity index (χ3v) is 5.40. The molecule has 0 spiro atoms. The fraction of sp³-hybridized carbons (Fsp3) is 0.300. The number of hydrogen-bond acceptors (Lipinski definition) is 7. The van der Waals surface area contributed by atoms with Crippen molar-refractivity contribution >= 4 is 23.1 Å². The number of hydrogen-bond donors (Lipinski definition) is 1. The van der Waals surface area contributed by atoms with Gasteiger partial charge in [0.15, 0.2) is 0 Å². The van der Waals surface area contributed by atoms with Gasteiger partial charge < -0.3 is 15.0 Å². The summed E-state index contributed by atoms with van der Waals surface area (Å²) in [5, 5.41) is 5.95. The van der Waals surface area contributed by atoms with Gasteiger partial charge in [0.05, 0.1) is 18.9 Å². The molecule has 7 nitrogen and oxygen atoms in total. The van der Waals surface area contributed by atoms with E-state index < -0.39 is 0 Å². The molecule has 144 valence electrons. The number of rotatable bonds is 6. The fourth-order valence-electron chi connectivity index (χ4n) is 2.97. The number of nitrogens with one attached hydrogen (secondary N) is 1. The topological polar surface area (TPSA) is 80.2 Å². The van der Waals surface area contributed by atoms with Crippen LogP contribution in [0.1, 0.15) is 16.2 Å². The first kappa shape index (κ1) is 18.5. The van der Waals surface area contributed by atoms with Crippen molar-refractivity contribution in [2.75, 3.05) is 37.7 Å². The van der Waals surface area contributed by atoms with Crippen LogP contribution in [0, 0.1) is 0 Å². The third-order valence-electron chi connectivity index (χ3n) is 4.46. The summed E-state index contributed by atoms with van der Waals surface area (Å²) in [6.45, 7) is 3.39. The van der Waals surface area contributed by atoms with Crippen LogP contribution in [0.4, 0.5) is 5.82 Å². The summed E-state index contributed by atoms with van der Waals surface area (Å²) in [6.07, 6.45) is 2.11. The van der Waals surface area contributed by atoms with E-state index in [4.69, 9.17) is 4.74 Å². The number of amides is 1. The molecule has 8 heteroatoms. The Balaban J connectivity index is 1.32. The van der Waals surface area contributed by atoms with Crippen LogP contribution >= 0.6 is 11.3 Å². The Hall–Kier alpha value is -2.84. The van der Waals surface area contributed by atoms with Crippen LogP contribution in [0.3, 0.4) is 0 Å². The highest BCUT2D eigenvalue weighted by molar-refractivity contribution is 7.13. The third kappa shape index (κ3) is 4.52. The van der Waals surface area contributed by atoms with E-state index in [0.29, 0.717) is 31.9 Å². The molecule has 1 fully saturated rings. The van der Waals surface area contributed by atoms with Gasteiger partial charge in [-0.05, 0) is 0 Å². The maximum atomic E-state index is 12.4. The van der Waals surface area contributed by atoms with Gasteiger partial charge in [-0.1, -0.05) is 30.3 Å². The van der Waals surface area contributed by atoms with Crippen LogP contribution in [-0.4, -0.2) is 53.7 Å². The van der Waals surface area contributed by atoms with Crippen LogP contribution in [0.5, 0.6) is 0 Å². The van der Waals surface area contributed by atoms with Gasteiger partial charge >= 0.3 is 0 Å². The quantitative estimate of drug-likeness (QED) is 0.690. The molecular formula is C20H21N5O2S. The molecule has 0 unspecified atom stereocenters. The number of morpholine rings is 1. The molecule has 1 aromatic carbocycles. The minimum absolute atomic E-state index is 0.199. The zero-order valence-electron chi connectivity index (χ0n) is 15.4. The van der Waals surface area contributed by atoms with Crippen LogP contribution < -0.4 is 10.2 Å². The Morgan fingerprint density at radius 3 is 2.82 bits per heavy atom. The summed E-state index contributed by atoms with van der Waals surface area (Å²) in [5.74, 6) is 0.561. The molecule has 1 amide bonds. The molecule has 0 atom stereocenters. The van der Waals surface area contributed by atoms with Gasteiger partial charge in [0, 0.05) is 43.1 Å². The van der Waals surface area contributed by atoms with Gasteiger partial charge in [0.2, 0.25) is 0 Å². The number of ether oxygens (including phenoxy) is 1. The Labute approximate surface area is 167 Å². The van der Waals surface area contributed by atoms with E-state index in [0.717, 1.165) is 35.2 Å². The fourth-order valence-corrected chi connectivity index (χ4v) is 3.83. The zero-order chi connectivity index (χ0) is 19.2. The van der Waals surface area contributed by atoms with E-state index in [9.17, 15) is 4.79 Å². The smallest absolute Gasteiger partial charge is 0.270 e. The van der Waals surface area contributed by atoms with Gasteiger partial charge in [-0.25, -0.2) is 15.0 Å². The predicted molar refractivity (Wildman–Crippen MR) is 109 cm³/mol. The molecule has 4 rings (SSSR count). The van der Waals surface area contributed by atoms with Crippen molar-refractivity contribution in [2.24, 2.45) is 0 Å². The minimum atomic E-state index is -0.199. The van der Waals surface area contributed by atoms with Crippen molar-refractivity contribution in [1.29, 1.82) is 0 Å². The highest BCUT2D eigenvalue weighted by Gasteiger charge is 2.15. The monoisotopic (exact) mass is 395 g/mol. The van der Waals surface area contributed by atoms with Crippen molar-refractivity contribution in [3.8, 4) is 10.6 Å². The highest BCUT2D eigenvalue weighted by atomic mass is 32.1. The number of aromatic nitrogens is 3. The Bertz CT molecular complexity index is 925. The lowest BCUT2D eigenvalue weighted by atomic mass is 10.2. The molecule has 0 saturated carbocycles. The maximum Gasteiger partial charge on any atom is 0.270 e. The van der Waals surface area contributed by atoms with Gasteiger partial charge in [-0.2, -0.15) is 0 Å². The first-order valence-electron chi connectivity index (χ1n) is 9.22. The van der Waals surface area contributed by atoms with Gasteiger partial charge in [0.1, 0.15) is 22.8 Å². The molecule has 1 saturated heterocycles. The van der Waals surface area contributed by atoms with Crippen molar-refractivity contribution in [2.45, 2.75) is 6.42 Å². The average molecular weight is 395 g/mol. The second kappa shape index (κ2) is 8.90. The van der Waals surface area contributed by atoms with Crippen molar-refractivity contribution in [3.05, 3.63) is 59.5 Å². The summed E-state index contributed by atoms with van der Waals surface area (Å²) < 4.78 is 5.35. The Morgan fingerprint density at radius 2 is 2.00 bits per heavy atom. The summed E-state index contributed by atoms with van der Waals surface area (Å²) in [4.78, 5) is 27.6. The Kier molecular flexibility index (Phi) is 5.89. The largest absolute Gasteiger partial charge is 0.378 e. The van der Waals surface area contributed by atoms with E-state index in [1.165, 1.54) is 6.33 Å². The van der Waals surface area contributed by atoms with Gasteiger partial charge in [0.25, 0.3) is 5.91 Å². The molecule has 0 radical (unpaired) electrons. The standard InChI is InChI=1S/C20H21N5O2S/c26-19(17-12-18(23-14-22-17)25-8-10-27-11-9-25)21-7-6-16-13-28-20(24-16)15-4-2-1-3-5-15/h1-5,12-14H,6-11H2,(H,21,26). The Morgan fingerprint density at radius 1 is 1.18 bits per heavy atom. The molecule has 1 aliphatic heterocycles. The first-order chi connectivity index (χ1) is 13.8. The molecule has 3 heterocycles. The van der Waals surface area contributed by atoms with Gasteiger partial charge in [-0.3, -0.25) is 4.79 Å². The van der Waals surface area contributed by atoms with Crippen LogP contribution in [0.15, 0.2) is 48.1 Å². The SMILES string of the molecule is O=C(NCCc1csc(-c2ccccc2)n1)c1cc(N2CCOCC2)ncn1. The summed E-state index contributed by atoms with van der Waals surface area (Å²) in [6, 6.07) is 11.8. The van der Waals surface area contributed by atoms with Crippen molar-refractivity contribution in [3.63, 3.8) is 0 Å². The number of anilines is 1. The van der Waals surface area contributed by atoms with Crippen LogP contribution in [-0.2, 0) is 11.2 Å². The second-order valence-corrected chi connectivity index (χ2v) is 7.23. The molecule has 28 heavy (non-hydrogen) atoms. The van der Waals surface area contributed by atoms with Gasteiger partial charge in [-0.15, -0.1) is 11.3 Å². The second-order valence-electron chi connectivity index (χ2n) is 6.38. The molecular weight excluding hydrogens is 374 g/mol. The molecule has 0 aliphatic carbocycles. The normalized spacial score (nSPS) is 14.1. The number of nitrogens with zero attached hydrogens (tertiary/aromatic N) is 4. The molecule has 1 N–H and O–H groups in total. The van der Waals surface area contributed by atoms with E-state index in [1.807, 2.05) is 35.7 Å². The molecule has 3 aromatic rings. The lowest BCUT2D eigenvalue weighted by Gasteiger charge is -2.27. The van der Waals surface area contributed by atoms with E-state index in [-0.39, 0.29) is 5.91 Å². The molecule has 2 aromatic heterocycles. The predicted octanol–water partition coefficient (Wildman–Crippen LogP) is 2.41. The zero-order valence-corrected chi connectivity index (χ0v) is 16.2. The number of carbonyl (C=O) groups excluding carboxylic acids is 1. The molecule has 0 bridgehead atoms. The first-order valence-corrected chi connectivity index (χ1v) is 10.1. The maximum absolute atomic E-state index is 12.4. The minimum Gasteiger partial charge on any atom is -0.378 e. The van der Waals surface area contributed by atoms with Crippen molar-refractivity contribution in [1.82, 2.24) is 20.3 Å². The lowest BCUT2D eigenvalue weighted by molar-refractivity contribution is 0.0949.